The number of ether oxygens (including phenoxy) is 2. The van der Waals surface area contributed by atoms with E-state index in [0.717, 1.165) is 32.1 Å². The lowest BCUT2D eigenvalue weighted by molar-refractivity contribution is -0.267. The van der Waals surface area contributed by atoms with E-state index in [-0.39, 0.29) is 5.41 Å². The molecule has 0 bridgehead atoms. The molecule has 1 saturated carbocycles. The highest BCUT2D eigenvalue weighted by Crippen LogP contribution is 2.53. The minimum atomic E-state index is -0.625. The first kappa shape index (κ1) is 14.8. The molecule has 0 aromatic rings. The molecule has 1 N–H and O–H groups in total. The van der Waals surface area contributed by atoms with E-state index in [0.29, 0.717) is 19.6 Å². The molecule has 0 radical (unpaired) electrons. The summed E-state index contributed by atoms with van der Waals surface area (Å²) in [5.74, 6) is -0.625. The van der Waals surface area contributed by atoms with Gasteiger partial charge in [-0.1, -0.05) is 25.0 Å². The molecular formula is C16H26O3. The van der Waals surface area contributed by atoms with Crippen LogP contribution in [0.3, 0.4) is 0 Å². The highest BCUT2D eigenvalue weighted by Gasteiger charge is 2.58. The molecule has 2 aliphatic rings. The Balaban J connectivity index is 2.38. The molecule has 2 atom stereocenters. The fourth-order valence-electron chi connectivity index (χ4n) is 3.76. The number of aliphatic hydroxyl groups excluding tert-OH is 1. The lowest BCUT2D eigenvalue weighted by atomic mass is 9.67. The molecule has 19 heavy (non-hydrogen) atoms. The van der Waals surface area contributed by atoms with Crippen LogP contribution in [0.25, 0.3) is 0 Å². The Kier molecular flexibility index (Phi) is 4.82. The molecule has 1 aliphatic heterocycles. The Labute approximate surface area is 116 Å². The summed E-state index contributed by atoms with van der Waals surface area (Å²) in [5.41, 5.74) is -0.379. The van der Waals surface area contributed by atoms with Crippen LogP contribution in [0.2, 0.25) is 0 Å². The summed E-state index contributed by atoms with van der Waals surface area (Å²) in [7, 11) is 0. The third-order valence-corrected chi connectivity index (χ3v) is 4.68. The van der Waals surface area contributed by atoms with Crippen LogP contribution in [0, 0.1) is 5.41 Å². The fraction of sp³-hybridized carbons (Fsp3) is 0.750. The largest absolute Gasteiger partial charge is 0.392 e. The second kappa shape index (κ2) is 6.21. The van der Waals surface area contributed by atoms with Crippen LogP contribution in [-0.4, -0.2) is 30.2 Å². The Hall–Kier alpha value is -0.640. The van der Waals surface area contributed by atoms with Gasteiger partial charge < -0.3 is 14.6 Å². The zero-order valence-electron chi connectivity index (χ0n) is 11.8. The highest BCUT2D eigenvalue weighted by atomic mass is 16.7. The number of allylic oxidation sites excluding steroid dienone is 1. The Morgan fingerprint density at radius 2 is 1.74 bits per heavy atom. The van der Waals surface area contributed by atoms with Crippen molar-refractivity contribution in [2.24, 2.45) is 5.41 Å². The summed E-state index contributed by atoms with van der Waals surface area (Å²) in [6.07, 6.45) is 9.66. The molecule has 1 heterocycles. The van der Waals surface area contributed by atoms with Gasteiger partial charge in [-0.25, -0.2) is 0 Å². The summed E-state index contributed by atoms with van der Waals surface area (Å²) in [6, 6.07) is 0. The smallest absolute Gasteiger partial charge is 0.176 e. The van der Waals surface area contributed by atoms with Crippen LogP contribution in [0.5, 0.6) is 0 Å². The van der Waals surface area contributed by atoms with Crippen molar-refractivity contribution in [3.63, 3.8) is 0 Å². The Bertz CT molecular complexity index is 320. The van der Waals surface area contributed by atoms with Gasteiger partial charge in [-0.3, -0.25) is 0 Å². The van der Waals surface area contributed by atoms with Gasteiger partial charge in [0.25, 0.3) is 0 Å². The van der Waals surface area contributed by atoms with E-state index in [9.17, 15) is 5.11 Å². The average molecular weight is 266 g/mol. The number of hydrogen-bond donors (Lipinski definition) is 1. The SMILES string of the molecule is C=CC[C@H](O)[C@]1(CC=C)CCCCCC12OCCO2. The maximum absolute atomic E-state index is 10.7. The molecule has 0 unspecified atom stereocenters. The molecule has 2 rings (SSSR count). The van der Waals surface area contributed by atoms with E-state index >= 15 is 0 Å². The number of rotatable bonds is 5. The second-order valence-electron chi connectivity index (χ2n) is 5.70. The predicted molar refractivity (Wildman–Crippen MR) is 75.8 cm³/mol. The van der Waals surface area contributed by atoms with E-state index in [1.165, 1.54) is 6.42 Å². The van der Waals surface area contributed by atoms with Crippen molar-refractivity contribution in [1.29, 1.82) is 0 Å². The quantitative estimate of drug-likeness (QED) is 0.777. The lowest BCUT2D eigenvalue weighted by Gasteiger charge is -2.48. The van der Waals surface area contributed by atoms with Gasteiger partial charge in [0, 0.05) is 6.42 Å². The summed E-state index contributed by atoms with van der Waals surface area (Å²) >= 11 is 0. The van der Waals surface area contributed by atoms with Crippen LogP contribution >= 0.6 is 0 Å². The van der Waals surface area contributed by atoms with Gasteiger partial charge in [0.2, 0.25) is 0 Å². The van der Waals surface area contributed by atoms with Crippen LogP contribution in [-0.2, 0) is 9.47 Å². The first-order chi connectivity index (χ1) is 9.21. The van der Waals surface area contributed by atoms with Crippen molar-refractivity contribution in [3.8, 4) is 0 Å². The van der Waals surface area contributed by atoms with Crippen molar-refractivity contribution in [2.75, 3.05) is 13.2 Å². The summed E-state index contributed by atoms with van der Waals surface area (Å²) < 4.78 is 12.1. The molecule has 108 valence electrons. The first-order valence-corrected chi connectivity index (χ1v) is 7.38. The molecule has 3 nitrogen and oxygen atoms in total. The van der Waals surface area contributed by atoms with E-state index in [2.05, 4.69) is 13.2 Å². The topological polar surface area (TPSA) is 38.7 Å². The molecule has 3 heteroatoms. The molecule has 0 aromatic carbocycles. The van der Waals surface area contributed by atoms with E-state index in [1.807, 2.05) is 6.08 Å². The van der Waals surface area contributed by atoms with Gasteiger partial charge >= 0.3 is 0 Å². The highest BCUT2D eigenvalue weighted by molar-refractivity contribution is 5.05. The molecule has 0 aromatic heterocycles. The Morgan fingerprint density at radius 1 is 1.05 bits per heavy atom. The van der Waals surface area contributed by atoms with Gasteiger partial charge in [0.05, 0.1) is 24.7 Å². The predicted octanol–water partition coefficient (Wildman–Crippen LogP) is 3.19. The summed E-state index contributed by atoms with van der Waals surface area (Å²) in [4.78, 5) is 0. The average Bonchev–Trinajstić information content (AvgIpc) is 2.79. The third-order valence-electron chi connectivity index (χ3n) is 4.68. The van der Waals surface area contributed by atoms with Crippen LogP contribution in [0.4, 0.5) is 0 Å². The van der Waals surface area contributed by atoms with Crippen molar-refractivity contribution < 1.29 is 14.6 Å². The molecular weight excluding hydrogens is 240 g/mol. The zero-order valence-corrected chi connectivity index (χ0v) is 11.8. The molecule has 1 spiro atoms. The number of aliphatic hydroxyl groups is 1. The standard InChI is InChI=1S/C16H26O3/c1-3-8-14(17)15(9-4-2)10-6-5-7-11-16(15)18-12-13-19-16/h3-4,14,17H,1-2,5-13H2/t14-,15-/m0/s1. The van der Waals surface area contributed by atoms with Crippen LogP contribution < -0.4 is 0 Å². The van der Waals surface area contributed by atoms with Gasteiger partial charge in [0.1, 0.15) is 0 Å². The molecule has 2 fully saturated rings. The van der Waals surface area contributed by atoms with E-state index in [4.69, 9.17) is 9.47 Å². The van der Waals surface area contributed by atoms with Gasteiger partial charge in [-0.05, 0) is 25.7 Å². The minimum absolute atomic E-state index is 0.379. The first-order valence-electron chi connectivity index (χ1n) is 7.38. The van der Waals surface area contributed by atoms with Gasteiger partial charge in [0.15, 0.2) is 5.79 Å². The lowest BCUT2D eigenvalue weighted by Crippen LogP contribution is -2.55. The monoisotopic (exact) mass is 266 g/mol. The summed E-state index contributed by atoms with van der Waals surface area (Å²) in [6.45, 7) is 8.89. The molecule has 1 aliphatic carbocycles. The third kappa shape index (κ3) is 2.51. The van der Waals surface area contributed by atoms with Gasteiger partial charge in [-0.2, -0.15) is 0 Å². The number of hydrogen-bond acceptors (Lipinski definition) is 3. The zero-order chi connectivity index (χ0) is 13.8. The van der Waals surface area contributed by atoms with Crippen LogP contribution in [0.15, 0.2) is 25.3 Å². The minimum Gasteiger partial charge on any atom is -0.392 e. The maximum Gasteiger partial charge on any atom is 0.176 e. The second-order valence-corrected chi connectivity index (χ2v) is 5.70. The van der Waals surface area contributed by atoms with Crippen molar-refractivity contribution >= 4 is 0 Å². The molecule has 0 amide bonds. The van der Waals surface area contributed by atoms with Gasteiger partial charge in [-0.15, -0.1) is 13.2 Å². The van der Waals surface area contributed by atoms with Crippen molar-refractivity contribution in [3.05, 3.63) is 25.3 Å². The molecule has 1 saturated heterocycles. The van der Waals surface area contributed by atoms with E-state index in [1.54, 1.807) is 6.08 Å². The Morgan fingerprint density at radius 3 is 2.37 bits per heavy atom. The fourth-order valence-corrected chi connectivity index (χ4v) is 3.76. The van der Waals surface area contributed by atoms with Crippen molar-refractivity contribution in [1.82, 2.24) is 0 Å². The summed E-state index contributed by atoms with van der Waals surface area (Å²) in [5, 5.41) is 10.7. The normalized spacial score (nSPS) is 31.8. The van der Waals surface area contributed by atoms with Crippen LogP contribution in [0.1, 0.15) is 44.9 Å². The van der Waals surface area contributed by atoms with E-state index < -0.39 is 11.9 Å². The van der Waals surface area contributed by atoms with Crippen molar-refractivity contribution in [2.45, 2.75) is 56.8 Å². The maximum atomic E-state index is 10.7.